The normalized spacial score (nSPS) is 9.53. The summed E-state index contributed by atoms with van der Waals surface area (Å²) in [6.45, 7) is 5.72. The molecule has 1 rings (SSSR count). The van der Waals surface area contributed by atoms with Crippen molar-refractivity contribution >= 4 is 0 Å². The summed E-state index contributed by atoms with van der Waals surface area (Å²) in [5, 5.41) is 13.2. The van der Waals surface area contributed by atoms with Gasteiger partial charge in [-0.25, -0.2) is 0 Å². The smallest absolute Gasteiger partial charge is 0.162 e. The van der Waals surface area contributed by atoms with Crippen LogP contribution in [-0.4, -0.2) is 18.3 Å². The summed E-state index contributed by atoms with van der Waals surface area (Å²) < 4.78 is 5.32. The van der Waals surface area contributed by atoms with Gasteiger partial charge in [-0.15, -0.1) is 11.8 Å². The third kappa shape index (κ3) is 4.38. The van der Waals surface area contributed by atoms with Gasteiger partial charge in [-0.2, -0.15) is 0 Å². The summed E-state index contributed by atoms with van der Waals surface area (Å²) >= 11 is 0. The fourth-order valence-electron chi connectivity index (χ4n) is 1.48. The van der Waals surface area contributed by atoms with E-state index >= 15 is 0 Å². The second-order valence-corrected chi connectivity index (χ2v) is 3.55. The summed E-state index contributed by atoms with van der Waals surface area (Å²) in [7, 11) is 0. The average Bonchev–Trinajstić information content (AvgIpc) is 2.33. The van der Waals surface area contributed by atoms with E-state index in [-0.39, 0.29) is 5.75 Å². The van der Waals surface area contributed by atoms with Crippen LogP contribution in [0, 0.1) is 11.8 Å². The van der Waals surface area contributed by atoms with E-state index < -0.39 is 0 Å². The van der Waals surface area contributed by atoms with E-state index in [0.717, 1.165) is 18.5 Å². The first-order valence-corrected chi connectivity index (χ1v) is 5.83. The number of hydrogen-bond donors (Lipinski definition) is 2. The molecule has 0 aliphatic carbocycles. The Bertz CT molecular complexity index is 404. The summed E-state index contributed by atoms with van der Waals surface area (Å²) in [5.74, 6) is 6.59. The highest BCUT2D eigenvalue weighted by molar-refractivity contribution is 5.45. The van der Waals surface area contributed by atoms with Gasteiger partial charge in [-0.1, -0.05) is 12.1 Å². The van der Waals surface area contributed by atoms with Crippen LogP contribution in [0.25, 0.3) is 0 Å². The Morgan fingerprint density at radius 1 is 1.41 bits per heavy atom. The Kier molecular flexibility index (Phi) is 5.98. The van der Waals surface area contributed by atoms with E-state index in [1.807, 2.05) is 26.0 Å². The Balaban J connectivity index is 2.52. The first-order chi connectivity index (χ1) is 8.29. The van der Waals surface area contributed by atoms with Gasteiger partial charge in [-0.3, -0.25) is 0 Å². The lowest BCUT2D eigenvalue weighted by molar-refractivity contribution is 0.316. The molecule has 17 heavy (non-hydrogen) atoms. The lowest BCUT2D eigenvalue weighted by atomic mass is 10.2. The molecule has 0 spiro atoms. The number of benzene rings is 1. The molecule has 1 aromatic rings. The van der Waals surface area contributed by atoms with Crippen LogP contribution in [0.5, 0.6) is 11.5 Å². The maximum absolute atomic E-state index is 9.93. The molecule has 0 amide bonds. The molecular weight excluding hydrogens is 214 g/mol. The SMILES string of the molecule is CC#CCCNCc1cccc(OCC)c1O. The van der Waals surface area contributed by atoms with Crippen LogP contribution < -0.4 is 10.1 Å². The van der Waals surface area contributed by atoms with Crippen molar-refractivity contribution in [3.8, 4) is 23.3 Å². The molecule has 0 atom stereocenters. The molecule has 3 heteroatoms. The maximum atomic E-state index is 9.93. The summed E-state index contributed by atoms with van der Waals surface area (Å²) in [5.41, 5.74) is 0.848. The Hall–Kier alpha value is -1.66. The highest BCUT2D eigenvalue weighted by Crippen LogP contribution is 2.29. The lowest BCUT2D eigenvalue weighted by Gasteiger charge is -2.10. The molecule has 0 aliphatic heterocycles. The molecule has 0 saturated carbocycles. The average molecular weight is 233 g/mol. The Morgan fingerprint density at radius 3 is 2.94 bits per heavy atom. The molecule has 0 bridgehead atoms. The first kappa shape index (κ1) is 13.4. The largest absolute Gasteiger partial charge is 0.504 e. The fraction of sp³-hybridized carbons (Fsp3) is 0.429. The van der Waals surface area contributed by atoms with E-state index in [2.05, 4.69) is 17.2 Å². The van der Waals surface area contributed by atoms with Crippen LogP contribution in [0.4, 0.5) is 0 Å². The molecule has 0 aromatic heterocycles. The van der Waals surface area contributed by atoms with Gasteiger partial charge >= 0.3 is 0 Å². The number of phenolic OH excluding ortho intramolecular Hbond substituents is 1. The molecule has 2 N–H and O–H groups in total. The number of rotatable bonds is 6. The molecule has 0 saturated heterocycles. The maximum Gasteiger partial charge on any atom is 0.162 e. The highest BCUT2D eigenvalue weighted by Gasteiger charge is 2.06. The molecule has 92 valence electrons. The topological polar surface area (TPSA) is 41.5 Å². The van der Waals surface area contributed by atoms with Crippen molar-refractivity contribution in [2.24, 2.45) is 0 Å². The second kappa shape index (κ2) is 7.59. The third-order valence-corrected chi connectivity index (χ3v) is 2.30. The first-order valence-electron chi connectivity index (χ1n) is 5.83. The van der Waals surface area contributed by atoms with Crippen LogP contribution in [0.15, 0.2) is 18.2 Å². The van der Waals surface area contributed by atoms with Crippen molar-refractivity contribution in [3.63, 3.8) is 0 Å². The zero-order valence-corrected chi connectivity index (χ0v) is 10.4. The molecule has 0 fully saturated rings. The lowest BCUT2D eigenvalue weighted by Crippen LogP contribution is -2.14. The Labute approximate surface area is 103 Å². The zero-order chi connectivity index (χ0) is 12.5. The summed E-state index contributed by atoms with van der Waals surface area (Å²) in [6, 6.07) is 5.54. The van der Waals surface area contributed by atoms with E-state index in [1.54, 1.807) is 6.07 Å². The van der Waals surface area contributed by atoms with Crippen molar-refractivity contribution in [2.45, 2.75) is 26.8 Å². The number of hydrogen-bond acceptors (Lipinski definition) is 3. The van der Waals surface area contributed by atoms with Gasteiger partial charge in [0.15, 0.2) is 11.5 Å². The van der Waals surface area contributed by atoms with Gasteiger partial charge in [-0.05, 0) is 19.9 Å². The van der Waals surface area contributed by atoms with Gasteiger partial charge < -0.3 is 15.2 Å². The summed E-state index contributed by atoms with van der Waals surface area (Å²) in [6.07, 6.45) is 0.822. The van der Waals surface area contributed by atoms with Crippen LogP contribution in [0.1, 0.15) is 25.8 Å². The van der Waals surface area contributed by atoms with Crippen molar-refractivity contribution < 1.29 is 9.84 Å². The zero-order valence-electron chi connectivity index (χ0n) is 10.4. The Morgan fingerprint density at radius 2 is 2.24 bits per heavy atom. The molecule has 3 nitrogen and oxygen atoms in total. The minimum atomic E-state index is 0.225. The van der Waals surface area contributed by atoms with Crippen molar-refractivity contribution in [1.29, 1.82) is 0 Å². The quantitative estimate of drug-likeness (QED) is 0.585. The summed E-state index contributed by atoms with van der Waals surface area (Å²) in [4.78, 5) is 0. The van der Waals surface area contributed by atoms with E-state index in [0.29, 0.717) is 18.9 Å². The highest BCUT2D eigenvalue weighted by atomic mass is 16.5. The number of aromatic hydroxyl groups is 1. The predicted octanol–water partition coefficient (Wildman–Crippen LogP) is 2.29. The van der Waals surface area contributed by atoms with Crippen molar-refractivity contribution in [2.75, 3.05) is 13.2 Å². The molecule has 1 aromatic carbocycles. The molecular formula is C14H19NO2. The van der Waals surface area contributed by atoms with E-state index in [9.17, 15) is 5.11 Å². The molecule has 0 heterocycles. The van der Waals surface area contributed by atoms with Crippen LogP contribution in [-0.2, 0) is 6.54 Å². The van der Waals surface area contributed by atoms with E-state index in [1.165, 1.54) is 0 Å². The van der Waals surface area contributed by atoms with Gasteiger partial charge in [0, 0.05) is 25.1 Å². The van der Waals surface area contributed by atoms with Crippen molar-refractivity contribution in [3.05, 3.63) is 23.8 Å². The molecule has 0 aliphatic rings. The fourth-order valence-corrected chi connectivity index (χ4v) is 1.48. The minimum absolute atomic E-state index is 0.225. The van der Waals surface area contributed by atoms with Crippen LogP contribution in [0.3, 0.4) is 0 Å². The number of para-hydroxylation sites is 1. The van der Waals surface area contributed by atoms with Gasteiger partial charge in [0.25, 0.3) is 0 Å². The molecule has 0 unspecified atom stereocenters. The third-order valence-electron chi connectivity index (χ3n) is 2.30. The van der Waals surface area contributed by atoms with Gasteiger partial charge in [0.1, 0.15) is 0 Å². The molecule has 0 radical (unpaired) electrons. The number of phenols is 1. The van der Waals surface area contributed by atoms with E-state index in [4.69, 9.17) is 4.74 Å². The van der Waals surface area contributed by atoms with Crippen LogP contribution >= 0.6 is 0 Å². The van der Waals surface area contributed by atoms with Gasteiger partial charge in [0.05, 0.1) is 6.61 Å². The predicted molar refractivity (Wildman–Crippen MR) is 69.0 cm³/mol. The van der Waals surface area contributed by atoms with Gasteiger partial charge in [0.2, 0.25) is 0 Å². The second-order valence-electron chi connectivity index (χ2n) is 3.55. The monoisotopic (exact) mass is 233 g/mol. The number of nitrogens with one attached hydrogen (secondary N) is 1. The van der Waals surface area contributed by atoms with Crippen molar-refractivity contribution in [1.82, 2.24) is 5.32 Å². The standard InChI is InChI=1S/C14H19NO2/c1-3-5-6-10-15-11-12-8-7-9-13(14(12)16)17-4-2/h7-9,15-16H,4,6,10-11H2,1-2H3. The number of ether oxygens (including phenoxy) is 1. The van der Waals surface area contributed by atoms with Crippen LogP contribution in [0.2, 0.25) is 0 Å². The minimum Gasteiger partial charge on any atom is -0.504 e.